The first-order chi connectivity index (χ1) is 11.8. The van der Waals surface area contributed by atoms with Gasteiger partial charge in [0.15, 0.2) is 11.6 Å². The van der Waals surface area contributed by atoms with Gasteiger partial charge in [-0.2, -0.15) is 0 Å². The van der Waals surface area contributed by atoms with E-state index in [0.717, 1.165) is 40.6 Å². The Morgan fingerprint density at radius 3 is 2.96 bits per heavy atom. The number of rotatable bonds is 4. The Labute approximate surface area is 140 Å². The Bertz CT molecular complexity index is 866. The maximum atomic E-state index is 5.84. The van der Waals surface area contributed by atoms with Crippen molar-refractivity contribution >= 4 is 11.5 Å². The van der Waals surface area contributed by atoms with Crippen molar-refractivity contribution in [1.29, 1.82) is 0 Å². The van der Waals surface area contributed by atoms with Gasteiger partial charge >= 0.3 is 0 Å². The molecule has 5 nitrogen and oxygen atoms in total. The van der Waals surface area contributed by atoms with Crippen LogP contribution >= 0.6 is 0 Å². The normalized spacial score (nSPS) is 12.4. The van der Waals surface area contributed by atoms with Crippen molar-refractivity contribution < 1.29 is 9.47 Å². The number of fused-ring (bicyclic) bond motifs is 1. The minimum absolute atomic E-state index is 0.668. The molecule has 5 heteroatoms. The molecule has 1 aromatic carbocycles. The Hall–Kier alpha value is -3.08. The molecule has 0 saturated carbocycles. The lowest BCUT2D eigenvalue weighted by Crippen LogP contribution is -1.98. The lowest BCUT2D eigenvalue weighted by molar-refractivity contribution is 0.357. The predicted octanol–water partition coefficient (Wildman–Crippen LogP) is 3.83. The summed E-state index contributed by atoms with van der Waals surface area (Å²) in [6.45, 7) is 0.668. The van der Waals surface area contributed by atoms with Crippen LogP contribution in [0.3, 0.4) is 0 Å². The predicted molar refractivity (Wildman–Crippen MR) is 92.9 cm³/mol. The Morgan fingerprint density at radius 2 is 2.12 bits per heavy atom. The molecule has 0 spiro atoms. The van der Waals surface area contributed by atoms with Gasteiger partial charge in [-0.25, -0.2) is 4.98 Å². The summed E-state index contributed by atoms with van der Waals surface area (Å²) in [4.78, 5) is 8.77. The number of nitrogens with zero attached hydrogens (tertiary/aromatic N) is 2. The highest BCUT2D eigenvalue weighted by atomic mass is 16.5. The van der Waals surface area contributed by atoms with Gasteiger partial charge in [-0.3, -0.25) is 4.98 Å². The molecule has 0 aliphatic carbocycles. The van der Waals surface area contributed by atoms with Crippen molar-refractivity contribution in [3.8, 4) is 22.6 Å². The van der Waals surface area contributed by atoms with E-state index in [4.69, 9.17) is 9.47 Å². The number of aromatic nitrogens is 2. The lowest BCUT2D eigenvalue weighted by atomic mass is 10.0. The quantitative estimate of drug-likeness (QED) is 0.792. The molecule has 0 bridgehead atoms. The highest BCUT2D eigenvalue weighted by Crippen LogP contribution is 2.39. The van der Waals surface area contributed by atoms with Crippen molar-refractivity contribution in [2.24, 2.45) is 0 Å². The van der Waals surface area contributed by atoms with E-state index < -0.39 is 0 Å². The first kappa shape index (κ1) is 14.5. The second-order valence-corrected chi connectivity index (χ2v) is 5.53. The van der Waals surface area contributed by atoms with E-state index in [1.165, 1.54) is 5.56 Å². The van der Waals surface area contributed by atoms with Crippen molar-refractivity contribution in [2.45, 2.75) is 6.42 Å². The average molecular weight is 319 g/mol. The van der Waals surface area contributed by atoms with Crippen molar-refractivity contribution in [3.63, 3.8) is 0 Å². The molecule has 0 unspecified atom stereocenters. The number of nitrogens with one attached hydrogen (secondary N) is 1. The molecule has 4 rings (SSSR count). The number of hydrogen-bond acceptors (Lipinski definition) is 5. The van der Waals surface area contributed by atoms with Crippen LogP contribution in [0.2, 0.25) is 0 Å². The summed E-state index contributed by atoms with van der Waals surface area (Å²) in [5.74, 6) is 2.34. The molecule has 0 amide bonds. The van der Waals surface area contributed by atoms with E-state index in [1.807, 2.05) is 48.8 Å². The fraction of sp³-hybridized carbons (Fsp3) is 0.158. The number of ether oxygens (including phenoxy) is 2. The van der Waals surface area contributed by atoms with E-state index in [9.17, 15) is 0 Å². The van der Waals surface area contributed by atoms with Crippen LogP contribution in [0.1, 0.15) is 5.56 Å². The molecule has 2 aromatic heterocycles. The van der Waals surface area contributed by atoms with Crippen LogP contribution in [-0.4, -0.2) is 23.7 Å². The smallest absolute Gasteiger partial charge is 0.173 e. The summed E-state index contributed by atoms with van der Waals surface area (Å²) >= 11 is 0. The molecule has 1 aliphatic heterocycles. The molecule has 3 heterocycles. The zero-order valence-electron chi connectivity index (χ0n) is 13.3. The summed E-state index contributed by atoms with van der Waals surface area (Å²) in [5, 5.41) is 3.33. The first-order valence-electron chi connectivity index (χ1n) is 7.81. The van der Waals surface area contributed by atoms with E-state index in [-0.39, 0.29) is 0 Å². The minimum atomic E-state index is 0.668. The van der Waals surface area contributed by atoms with Gasteiger partial charge in [-0.15, -0.1) is 0 Å². The third-order valence-electron chi connectivity index (χ3n) is 4.04. The van der Waals surface area contributed by atoms with Gasteiger partial charge < -0.3 is 14.8 Å². The van der Waals surface area contributed by atoms with Gasteiger partial charge in [0.05, 0.1) is 13.7 Å². The third-order valence-corrected chi connectivity index (χ3v) is 4.04. The van der Waals surface area contributed by atoms with Crippen LogP contribution < -0.4 is 14.8 Å². The van der Waals surface area contributed by atoms with Gasteiger partial charge in [-0.05, 0) is 18.2 Å². The average Bonchev–Trinajstić information content (AvgIpc) is 3.13. The van der Waals surface area contributed by atoms with Crippen LogP contribution in [-0.2, 0) is 6.42 Å². The largest absolute Gasteiger partial charge is 0.497 e. The van der Waals surface area contributed by atoms with Crippen LogP contribution in [0.25, 0.3) is 11.1 Å². The number of anilines is 2. The summed E-state index contributed by atoms with van der Waals surface area (Å²) in [6.07, 6.45) is 6.37. The van der Waals surface area contributed by atoms with Gasteiger partial charge in [0.1, 0.15) is 5.75 Å². The van der Waals surface area contributed by atoms with Gasteiger partial charge in [0.2, 0.25) is 0 Å². The fourth-order valence-electron chi connectivity index (χ4n) is 2.89. The molecule has 0 atom stereocenters. The maximum Gasteiger partial charge on any atom is 0.173 e. The first-order valence-corrected chi connectivity index (χ1v) is 7.81. The summed E-state index contributed by atoms with van der Waals surface area (Å²) in [7, 11) is 1.65. The topological polar surface area (TPSA) is 56.3 Å². The monoisotopic (exact) mass is 319 g/mol. The molecule has 24 heavy (non-hydrogen) atoms. The maximum absolute atomic E-state index is 5.84. The van der Waals surface area contributed by atoms with Crippen molar-refractivity contribution in [1.82, 2.24) is 9.97 Å². The van der Waals surface area contributed by atoms with E-state index in [0.29, 0.717) is 6.61 Å². The zero-order valence-corrected chi connectivity index (χ0v) is 13.3. The van der Waals surface area contributed by atoms with Crippen LogP contribution in [0.5, 0.6) is 11.5 Å². The highest BCUT2D eigenvalue weighted by molar-refractivity contribution is 5.75. The van der Waals surface area contributed by atoms with E-state index >= 15 is 0 Å². The molecule has 3 aromatic rings. The van der Waals surface area contributed by atoms with Crippen LogP contribution in [0.15, 0.2) is 55.0 Å². The third kappa shape index (κ3) is 2.65. The molecule has 120 valence electrons. The molecule has 0 fully saturated rings. The Morgan fingerprint density at radius 1 is 1.17 bits per heavy atom. The van der Waals surface area contributed by atoms with Crippen LogP contribution in [0, 0.1) is 0 Å². The standard InChI is InChI=1S/C19H17N3O2/c1-23-15-6-2-5-14(10-15)22-19-18-16(7-9-24-18)17(12-21-19)13-4-3-8-20-11-13/h2-6,8,10-12H,7,9H2,1H3,(H,21,22). The minimum Gasteiger partial charge on any atom is -0.497 e. The second kappa shape index (κ2) is 6.20. The van der Waals surface area contributed by atoms with E-state index in [1.54, 1.807) is 13.3 Å². The lowest BCUT2D eigenvalue weighted by Gasteiger charge is -2.13. The number of hydrogen-bond donors (Lipinski definition) is 1. The fourth-order valence-corrected chi connectivity index (χ4v) is 2.89. The number of benzene rings is 1. The number of methoxy groups -OCH3 is 1. The second-order valence-electron chi connectivity index (χ2n) is 5.53. The van der Waals surface area contributed by atoms with Crippen molar-refractivity contribution in [3.05, 3.63) is 60.6 Å². The number of pyridine rings is 2. The molecule has 0 radical (unpaired) electrons. The SMILES string of the molecule is COc1cccc(Nc2ncc(-c3cccnc3)c3c2OCC3)c1. The summed E-state index contributed by atoms with van der Waals surface area (Å²) in [5.41, 5.74) is 4.21. The molecule has 1 N–H and O–H groups in total. The van der Waals surface area contributed by atoms with Crippen LogP contribution in [0.4, 0.5) is 11.5 Å². The van der Waals surface area contributed by atoms with Crippen molar-refractivity contribution in [2.75, 3.05) is 19.0 Å². The summed E-state index contributed by atoms with van der Waals surface area (Å²) in [6, 6.07) is 11.7. The summed E-state index contributed by atoms with van der Waals surface area (Å²) < 4.78 is 11.1. The Balaban J connectivity index is 1.72. The van der Waals surface area contributed by atoms with Gasteiger partial charge in [0, 0.05) is 53.5 Å². The zero-order chi connectivity index (χ0) is 16.4. The van der Waals surface area contributed by atoms with Gasteiger partial charge in [-0.1, -0.05) is 12.1 Å². The van der Waals surface area contributed by atoms with Gasteiger partial charge in [0.25, 0.3) is 0 Å². The molecule has 0 saturated heterocycles. The molecule has 1 aliphatic rings. The van der Waals surface area contributed by atoms with E-state index in [2.05, 4.69) is 15.3 Å². The molecular weight excluding hydrogens is 302 g/mol. The highest BCUT2D eigenvalue weighted by Gasteiger charge is 2.22. The Kier molecular flexibility index (Phi) is 3.75. The molecular formula is C19H17N3O2.